The molecule has 0 heterocycles. The lowest BCUT2D eigenvalue weighted by Gasteiger charge is -2.25. The predicted molar refractivity (Wildman–Crippen MR) is 115 cm³/mol. The van der Waals surface area contributed by atoms with E-state index in [-0.39, 0.29) is 18.8 Å². The van der Waals surface area contributed by atoms with Gasteiger partial charge in [-0.05, 0) is 24.7 Å². The SMILES string of the molecule is CCC(=O)O[C@H](OC(=O)N[C@@H](CC[C@H](C)CCC1CCCCC1)CC(=O)O)C(C)C. The Hall–Kier alpha value is -1.79. The third-order valence-corrected chi connectivity index (χ3v) is 5.85. The Balaban J connectivity index is 2.47. The molecule has 7 heteroatoms. The summed E-state index contributed by atoms with van der Waals surface area (Å²) >= 11 is 0. The predicted octanol–water partition coefficient (Wildman–Crippen LogP) is 5.27. The summed E-state index contributed by atoms with van der Waals surface area (Å²) in [7, 11) is 0. The number of carboxylic acid groups (broad SMARTS) is 1. The van der Waals surface area contributed by atoms with Crippen molar-refractivity contribution >= 4 is 18.0 Å². The van der Waals surface area contributed by atoms with E-state index in [0.29, 0.717) is 12.3 Å². The van der Waals surface area contributed by atoms with E-state index in [1.807, 2.05) is 0 Å². The summed E-state index contributed by atoms with van der Waals surface area (Å²) in [4.78, 5) is 35.0. The molecule has 30 heavy (non-hydrogen) atoms. The highest BCUT2D eigenvalue weighted by molar-refractivity contribution is 5.72. The fraction of sp³-hybridized carbons (Fsp3) is 0.870. The number of aliphatic carboxylic acids is 1. The first-order valence-corrected chi connectivity index (χ1v) is 11.6. The molecule has 1 aliphatic rings. The number of amides is 1. The molecule has 1 fully saturated rings. The molecular formula is C23H41NO6. The summed E-state index contributed by atoms with van der Waals surface area (Å²) in [6.07, 6.45) is 8.81. The highest BCUT2D eigenvalue weighted by Crippen LogP contribution is 2.29. The van der Waals surface area contributed by atoms with Crippen LogP contribution in [0.2, 0.25) is 0 Å². The molecule has 1 saturated carbocycles. The summed E-state index contributed by atoms with van der Waals surface area (Å²) in [5.74, 6) is -0.301. The van der Waals surface area contributed by atoms with Crippen molar-refractivity contribution in [3.8, 4) is 0 Å². The summed E-state index contributed by atoms with van der Waals surface area (Å²) in [6, 6.07) is -0.512. The zero-order chi connectivity index (χ0) is 22.5. The average molecular weight is 428 g/mol. The van der Waals surface area contributed by atoms with Crippen LogP contribution in [0.15, 0.2) is 0 Å². The zero-order valence-corrected chi connectivity index (χ0v) is 19.2. The van der Waals surface area contributed by atoms with Gasteiger partial charge in [0.05, 0.1) is 6.42 Å². The number of hydrogen-bond acceptors (Lipinski definition) is 5. The van der Waals surface area contributed by atoms with E-state index in [1.54, 1.807) is 20.8 Å². The third kappa shape index (κ3) is 11.4. The van der Waals surface area contributed by atoms with Crippen molar-refractivity contribution < 1.29 is 29.0 Å². The van der Waals surface area contributed by atoms with Crippen molar-refractivity contribution in [2.24, 2.45) is 17.8 Å². The summed E-state index contributed by atoms with van der Waals surface area (Å²) in [5.41, 5.74) is 0. The minimum absolute atomic E-state index is 0.161. The van der Waals surface area contributed by atoms with Crippen LogP contribution in [0.5, 0.6) is 0 Å². The number of rotatable bonds is 13. The van der Waals surface area contributed by atoms with E-state index in [9.17, 15) is 19.5 Å². The lowest BCUT2D eigenvalue weighted by atomic mass is 9.83. The maximum atomic E-state index is 12.3. The number of carbonyl (C=O) groups is 3. The van der Waals surface area contributed by atoms with Gasteiger partial charge in [0.25, 0.3) is 6.29 Å². The highest BCUT2D eigenvalue weighted by Gasteiger charge is 2.25. The second-order valence-electron chi connectivity index (χ2n) is 9.06. The number of alkyl carbamates (subject to hydrolysis) is 1. The first kappa shape index (κ1) is 26.2. The molecule has 1 amide bonds. The number of ether oxygens (including phenoxy) is 2. The van der Waals surface area contributed by atoms with E-state index >= 15 is 0 Å². The number of carboxylic acids is 1. The van der Waals surface area contributed by atoms with Crippen LogP contribution in [0.3, 0.4) is 0 Å². The largest absolute Gasteiger partial charge is 0.481 e. The Morgan fingerprint density at radius 2 is 1.67 bits per heavy atom. The lowest BCUT2D eigenvalue weighted by molar-refractivity contribution is -0.174. The van der Waals surface area contributed by atoms with Gasteiger partial charge in [0.1, 0.15) is 0 Å². The van der Waals surface area contributed by atoms with Gasteiger partial charge >= 0.3 is 18.0 Å². The molecule has 0 radical (unpaired) electrons. The van der Waals surface area contributed by atoms with Crippen LogP contribution in [0, 0.1) is 17.8 Å². The van der Waals surface area contributed by atoms with Crippen LogP contribution < -0.4 is 5.32 Å². The molecule has 7 nitrogen and oxygen atoms in total. The molecule has 0 aromatic carbocycles. The Morgan fingerprint density at radius 1 is 1.00 bits per heavy atom. The van der Waals surface area contributed by atoms with Crippen molar-refractivity contribution in [2.45, 2.75) is 111 Å². The van der Waals surface area contributed by atoms with Crippen molar-refractivity contribution in [3.05, 3.63) is 0 Å². The second kappa shape index (κ2) is 14.3. The van der Waals surface area contributed by atoms with E-state index in [1.165, 1.54) is 38.5 Å². The zero-order valence-electron chi connectivity index (χ0n) is 19.2. The molecule has 2 N–H and O–H groups in total. The number of hydrogen-bond donors (Lipinski definition) is 2. The maximum Gasteiger partial charge on any atom is 0.410 e. The molecule has 1 aliphatic carbocycles. The van der Waals surface area contributed by atoms with E-state index in [0.717, 1.165) is 18.8 Å². The normalized spacial score (nSPS) is 17.8. The van der Waals surface area contributed by atoms with Crippen LogP contribution in [0.4, 0.5) is 4.79 Å². The van der Waals surface area contributed by atoms with Gasteiger partial charge in [-0.25, -0.2) is 4.79 Å². The minimum atomic E-state index is -0.989. The van der Waals surface area contributed by atoms with Crippen molar-refractivity contribution in [1.82, 2.24) is 5.32 Å². The summed E-state index contributed by atoms with van der Waals surface area (Å²) in [5, 5.41) is 11.8. The van der Waals surface area contributed by atoms with Crippen molar-refractivity contribution in [1.29, 1.82) is 0 Å². The highest BCUT2D eigenvalue weighted by atomic mass is 16.7. The first-order valence-electron chi connectivity index (χ1n) is 11.6. The molecular weight excluding hydrogens is 386 g/mol. The van der Waals surface area contributed by atoms with Crippen LogP contribution >= 0.6 is 0 Å². The fourth-order valence-corrected chi connectivity index (χ4v) is 3.88. The van der Waals surface area contributed by atoms with Crippen LogP contribution in [-0.2, 0) is 19.1 Å². The Morgan fingerprint density at radius 3 is 2.23 bits per heavy atom. The number of esters is 1. The molecule has 0 unspecified atom stereocenters. The lowest BCUT2D eigenvalue weighted by Crippen LogP contribution is -2.40. The fourth-order valence-electron chi connectivity index (χ4n) is 3.88. The molecule has 0 aromatic heterocycles. The Labute approximate surface area is 181 Å². The number of nitrogens with one attached hydrogen (secondary N) is 1. The smallest absolute Gasteiger partial charge is 0.410 e. The number of carbonyl (C=O) groups excluding carboxylic acids is 2. The van der Waals surface area contributed by atoms with Gasteiger partial charge in [0.15, 0.2) is 0 Å². The summed E-state index contributed by atoms with van der Waals surface area (Å²) in [6.45, 7) is 7.42. The van der Waals surface area contributed by atoms with Gasteiger partial charge in [-0.15, -0.1) is 0 Å². The van der Waals surface area contributed by atoms with Gasteiger partial charge in [-0.1, -0.05) is 72.6 Å². The molecule has 0 bridgehead atoms. The monoisotopic (exact) mass is 427 g/mol. The summed E-state index contributed by atoms with van der Waals surface area (Å²) < 4.78 is 10.4. The molecule has 0 aromatic rings. The van der Waals surface area contributed by atoms with Crippen molar-refractivity contribution in [3.63, 3.8) is 0 Å². The third-order valence-electron chi connectivity index (χ3n) is 5.85. The van der Waals surface area contributed by atoms with Gasteiger partial charge < -0.3 is 19.9 Å². The molecule has 1 rings (SSSR count). The standard InChI is InChI=1S/C23H41NO6/c1-5-21(27)29-22(16(2)3)30-23(28)24-19(15-20(25)26)14-12-17(4)11-13-18-9-7-6-8-10-18/h16-19,22H,5-15H2,1-4H3,(H,24,28)(H,25,26)/t17-,19+,22-/m1/s1. The van der Waals surface area contributed by atoms with Gasteiger partial charge in [0, 0.05) is 18.4 Å². The molecule has 0 aliphatic heterocycles. The van der Waals surface area contributed by atoms with E-state index < -0.39 is 30.4 Å². The molecule has 0 spiro atoms. The average Bonchev–Trinajstić information content (AvgIpc) is 2.70. The molecule has 3 atom stereocenters. The quantitative estimate of drug-likeness (QED) is 0.307. The van der Waals surface area contributed by atoms with Crippen LogP contribution in [0.25, 0.3) is 0 Å². The molecule has 0 saturated heterocycles. The van der Waals surface area contributed by atoms with Gasteiger partial charge in [0.2, 0.25) is 0 Å². The Bertz CT molecular complexity index is 530. The van der Waals surface area contributed by atoms with Crippen LogP contribution in [0.1, 0.15) is 98.3 Å². The topological polar surface area (TPSA) is 102 Å². The second-order valence-corrected chi connectivity index (χ2v) is 9.06. The Kier molecular flexibility index (Phi) is 12.5. The molecule has 174 valence electrons. The van der Waals surface area contributed by atoms with Gasteiger partial charge in [-0.2, -0.15) is 0 Å². The van der Waals surface area contributed by atoms with E-state index in [4.69, 9.17) is 9.47 Å². The maximum absolute atomic E-state index is 12.3. The van der Waals surface area contributed by atoms with E-state index in [2.05, 4.69) is 12.2 Å². The van der Waals surface area contributed by atoms with Crippen molar-refractivity contribution in [2.75, 3.05) is 0 Å². The first-order chi connectivity index (χ1) is 14.2. The minimum Gasteiger partial charge on any atom is -0.481 e. The van der Waals surface area contributed by atoms with Crippen LogP contribution in [-0.4, -0.2) is 35.5 Å². The van der Waals surface area contributed by atoms with Gasteiger partial charge in [-0.3, -0.25) is 9.59 Å².